The molecule has 0 fully saturated rings. The van der Waals surface area contributed by atoms with Crippen molar-refractivity contribution in [1.82, 2.24) is 14.9 Å². The van der Waals surface area contributed by atoms with Crippen molar-refractivity contribution in [3.05, 3.63) is 35.7 Å². The molecule has 2 amide bonds. The molecule has 0 spiro atoms. The Hall–Kier alpha value is -2.30. The predicted molar refractivity (Wildman–Crippen MR) is 69.8 cm³/mol. The van der Waals surface area contributed by atoms with Crippen LogP contribution >= 0.6 is 0 Å². The fourth-order valence-corrected chi connectivity index (χ4v) is 2.17. The Bertz CT molecular complexity index is 627. The summed E-state index contributed by atoms with van der Waals surface area (Å²) >= 11 is 0. The van der Waals surface area contributed by atoms with Crippen LogP contribution in [-0.2, 0) is 0 Å². The molecule has 2 aromatic rings. The molecule has 1 aliphatic heterocycles. The van der Waals surface area contributed by atoms with Gasteiger partial charge in [-0.3, -0.25) is 14.5 Å². The molecule has 0 aliphatic carbocycles. The molecule has 1 aromatic heterocycles. The third-order valence-corrected chi connectivity index (χ3v) is 3.20. The van der Waals surface area contributed by atoms with Gasteiger partial charge in [0.2, 0.25) is 0 Å². The van der Waals surface area contributed by atoms with Gasteiger partial charge in [-0.2, -0.15) is 0 Å². The summed E-state index contributed by atoms with van der Waals surface area (Å²) in [6, 6.07) is 7.24. The number of nitrogens with zero attached hydrogens (tertiary/aromatic N) is 3. The minimum absolute atomic E-state index is 0.180. The van der Waals surface area contributed by atoms with Gasteiger partial charge in [0.05, 0.1) is 11.0 Å². The van der Waals surface area contributed by atoms with Crippen LogP contribution < -0.4 is 0 Å². The largest absolute Gasteiger partial charge is 0.281 e. The molecule has 0 radical (unpaired) electrons. The van der Waals surface area contributed by atoms with Crippen LogP contribution in [0.15, 0.2) is 24.3 Å². The third-order valence-electron chi connectivity index (χ3n) is 3.20. The number of carbonyl (C=O) groups is 2. The lowest BCUT2D eigenvalue weighted by atomic mass is 10.2. The number of imide groups is 1. The van der Waals surface area contributed by atoms with Gasteiger partial charge in [0.1, 0.15) is 0 Å². The van der Waals surface area contributed by atoms with Crippen LogP contribution in [0.2, 0.25) is 0 Å². The van der Waals surface area contributed by atoms with Crippen molar-refractivity contribution in [2.24, 2.45) is 0 Å². The molecule has 5 heteroatoms. The van der Waals surface area contributed by atoms with Gasteiger partial charge in [-0.1, -0.05) is 25.5 Å². The lowest BCUT2D eigenvalue weighted by Crippen LogP contribution is -2.30. The molecular formula is C14H13N3O2. The second kappa shape index (κ2) is 4.42. The van der Waals surface area contributed by atoms with Crippen molar-refractivity contribution in [3.63, 3.8) is 0 Å². The van der Waals surface area contributed by atoms with E-state index in [1.807, 2.05) is 19.1 Å². The van der Waals surface area contributed by atoms with Crippen molar-refractivity contribution in [3.8, 4) is 0 Å². The Labute approximate surface area is 110 Å². The average Bonchev–Trinajstić information content (AvgIpc) is 2.67. The van der Waals surface area contributed by atoms with Gasteiger partial charge in [-0.05, 0) is 18.6 Å². The van der Waals surface area contributed by atoms with Crippen molar-refractivity contribution in [2.45, 2.75) is 19.8 Å². The molecule has 19 heavy (non-hydrogen) atoms. The molecule has 0 atom stereocenters. The molecule has 1 aromatic carbocycles. The number of hydrogen-bond donors (Lipinski definition) is 0. The van der Waals surface area contributed by atoms with E-state index in [9.17, 15) is 9.59 Å². The second-order valence-electron chi connectivity index (χ2n) is 4.53. The summed E-state index contributed by atoms with van der Waals surface area (Å²) in [4.78, 5) is 34.1. The van der Waals surface area contributed by atoms with Gasteiger partial charge >= 0.3 is 0 Å². The third kappa shape index (κ3) is 1.78. The standard InChI is InChI=1S/C14H13N3O2/c1-2-3-8-17-13(18)11-12(14(17)19)16-10-7-5-4-6-9(10)15-11/h4-7H,2-3,8H2,1H3. The zero-order valence-corrected chi connectivity index (χ0v) is 10.6. The highest BCUT2D eigenvalue weighted by Crippen LogP contribution is 2.22. The van der Waals surface area contributed by atoms with E-state index >= 15 is 0 Å². The highest BCUT2D eigenvalue weighted by molar-refractivity contribution is 6.20. The molecule has 0 bridgehead atoms. The lowest BCUT2D eigenvalue weighted by Gasteiger charge is -2.11. The van der Waals surface area contributed by atoms with Crippen molar-refractivity contribution in [1.29, 1.82) is 0 Å². The first-order valence-electron chi connectivity index (χ1n) is 6.35. The van der Waals surface area contributed by atoms with Crippen LogP contribution in [0.1, 0.15) is 40.7 Å². The van der Waals surface area contributed by atoms with Crippen molar-refractivity contribution < 1.29 is 9.59 Å². The number of carbonyl (C=O) groups excluding carboxylic acids is 2. The Morgan fingerprint density at radius 1 is 1.00 bits per heavy atom. The van der Waals surface area contributed by atoms with Crippen LogP contribution in [0, 0.1) is 0 Å². The molecule has 1 aliphatic rings. The van der Waals surface area contributed by atoms with Crippen molar-refractivity contribution >= 4 is 22.8 Å². The summed E-state index contributed by atoms with van der Waals surface area (Å²) in [5, 5.41) is 0. The van der Waals surface area contributed by atoms with Gasteiger partial charge < -0.3 is 0 Å². The molecule has 5 nitrogen and oxygen atoms in total. The highest BCUT2D eigenvalue weighted by atomic mass is 16.2. The van der Waals surface area contributed by atoms with E-state index in [1.165, 1.54) is 4.90 Å². The van der Waals surface area contributed by atoms with Crippen molar-refractivity contribution in [2.75, 3.05) is 6.54 Å². The molecule has 0 saturated carbocycles. The molecule has 0 saturated heterocycles. The fourth-order valence-electron chi connectivity index (χ4n) is 2.17. The number of para-hydroxylation sites is 2. The maximum Gasteiger partial charge on any atom is 0.281 e. The molecule has 0 unspecified atom stereocenters. The fraction of sp³-hybridized carbons (Fsp3) is 0.286. The van der Waals surface area contributed by atoms with E-state index in [2.05, 4.69) is 9.97 Å². The number of unbranched alkanes of at least 4 members (excludes halogenated alkanes) is 1. The number of benzene rings is 1. The van der Waals surface area contributed by atoms with Gasteiger partial charge in [0, 0.05) is 6.54 Å². The number of rotatable bonds is 3. The maximum atomic E-state index is 12.2. The molecule has 3 rings (SSSR count). The first-order chi connectivity index (χ1) is 9.22. The zero-order chi connectivity index (χ0) is 13.4. The van der Waals surface area contributed by atoms with Gasteiger partial charge in [0.15, 0.2) is 11.4 Å². The van der Waals surface area contributed by atoms with Gasteiger partial charge in [0.25, 0.3) is 11.8 Å². The smallest absolute Gasteiger partial charge is 0.272 e. The normalized spacial score (nSPS) is 14.3. The maximum absolute atomic E-state index is 12.2. The SMILES string of the molecule is CCCCN1C(=O)c2nc3ccccc3nc2C1=O. The van der Waals surface area contributed by atoms with E-state index in [1.54, 1.807) is 12.1 Å². The molecule has 2 heterocycles. The molecular weight excluding hydrogens is 242 g/mol. The summed E-state index contributed by atoms with van der Waals surface area (Å²) in [5.41, 5.74) is 1.64. The van der Waals surface area contributed by atoms with Gasteiger partial charge in [-0.25, -0.2) is 9.97 Å². The first kappa shape index (κ1) is 11.8. The highest BCUT2D eigenvalue weighted by Gasteiger charge is 2.38. The number of amides is 2. The summed E-state index contributed by atoms with van der Waals surface area (Å²) in [6.45, 7) is 2.45. The number of hydrogen-bond acceptors (Lipinski definition) is 4. The molecule has 96 valence electrons. The molecule has 0 N–H and O–H groups in total. The van der Waals surface area contributed by atoms with Crippen LogP contribution in [0.3, 0.4) is 0 Å². The Morgan fingerprint density at radius 2 is 1.53 bits per heavy atom. The summed E-state index contributed by atoms with van der Waals surface area (Å²) in [5.74, 6) is -0.654. The summed E-state index contributed by atoms with van der Waals surface area (Å²) < 4.78 is 0. The topological polar surface area (TPSA) is 63.2 Å². The first-order valence-corrected chi connectivity index (χ1v) is 6.35. The van der Waals surface area contributed by atoms with E-state index in [-0.39, 0.29) is 23.2 Å². The summed E-state index contributed by atoms with van der Waals surface area (Å²) in [6.07, 6.45) is 1.72. The van der Waals surface area contributed by atoms with Crippen LogP contribution in [0.4, 0.5) is 0 Å². The van der Waals surface area contributed by atoms with E-state index < -0.39 is 0 Å². The minimum Gasteiger partial charge on any atom is -0.272 e. The van der Waals surface area contributed by atoms with Gasteiger partial charge in [-0.15, -0.1) is 0 Å². The van der Waals surface area contributed by atoms with Crippen LogP contribution in [0.5, 0.6) is 0 Å². The Morgan fingerprint density at radius 3 is 2.00 bits per heavy atom. The van der Waals surface area contributed by atoms with E-state index in [4.69, 9.17) is 0 Å². The monoisotopic (exact) mass is 255 g/mol. The minimum atomic E-state index is -0.327. The number of aromatic nitrogens is 2. The van der Waals surface area contributed by atoms with E-state index in [0.29, 0.717) is 17.6 Å². The average molecular weight is 255 g/mol. The predicted octanol–water partition coefficient (Wildman–Crippen LogP) is 2.03. The Balaban J connectivity index is 2.08. The summed E-state index contributed by atoms with van der Waals surface area (Å²) in [7, 11) is 0. The lowest BCUT2D eigenvalue weighted by molar-refractivity contribution is 0.0649. The second-order valence-corrected chi connectivity index (χ2v) is 4.53. The zero-order valence-electron chi connectivity index (χ0n) is 10.6. The quantitative estimate of drug-likeness (QED) is 0.787. The van der Waals surface area contributed by atoms with Crippen LogP contribution in [-0.4, -0.2) is 33.2 Å². The number of fused-ring (bicyclic) bond motifs is 2. The Kier molecular flexibility index (Phi) is 2.74. The van der Waals surface area contributed by atoms with E-state index in [0.717, 1.165) is 12.8 Å². The van der Waals surface area contributed by atoms with Crippen LogP contribution in [0.25, 0.3) is 11.0 Å².